The summed E-state index contributed by atoms with van der Waals surface area (Å²) in [6.07, 6.45) is 7.07. The van der Waals surface area contributed by atoms with Crippen molar-refractivity contribution in [1.82, 2.24) is 19.5 Å². The minimum absolute atomic E-state index is 0.0889. The zero-order valence-corrected chi connectivity index (χ0v) is 9.04. The number of allylic oxidation sites excluding steroid dienone is 1. The third kappa shape index (κ3) is 1.40. The molecular weight excluding hydrogens is 228 g/mol. The van der Waals surface area contributed by atoms with E-state index in [1.807, 2.05) is 10.6 Å². The van der Waals surface area contributed by atoms with Crippen molar-refractivity contribution in [1.29, 1.82) is 0 Å². The van der Waals surface area contributed by atoms with Gasteiger partial charge in [-0.05, 0) is 0 Å². The van der Waals surface area contributed by atoms with E-state index in [4.69, 9.17) is 11.6 Å². The molecule has 0 fully saturated rings. The second-order valence-corrected chi connectivity index (χ2v) is 4.10. The molecule has 16 heavy (non-hydrogen) atoms. The largest absolute Gasteiger partial charge is 0.389 e. The summed E-state index contributed by atoms with van der Waals surface area (Å²) in [4.78, 5) is 12.2. The third-order valence-corrected chi connectivity index (χ3v) is 2.99. The summed E-state index contributed by atoms with van der Waals surface area (Å²) < 4.78 is 1.90. The van der Waals surface area contributed by atoms with Crippen LogP contribution in [0, 0.1) is 0 Å². The third-order valence-electron chi connectivity index (χ3n) is 2.71. The van der Waals surface area contributed by atoms with Gasteiger partial charge in [0, 0.05) is 6.42 Å². The molecule has 6 heteroatoms. The quantitative estimate of drug-likeness (QED) is 0.600. The van der Waals surface area contributed by atoms with Crippen LogP contribution in [-0.2, 0) is 0 Å². The van der Waals surface area contributed by atoms with Crippen LogP contribution in [0.15, 0.2) is 24.8 Å². The van der Waals surface area contributed by atoms with Gasteiger partial charge in [-0.25, -0.2) is 15.0 Å². The highest BCUT2D eigenvalue weighted by Crippen LogP contribution is 2.27. The number of aliphatic hydroxyl groups is 1. The molecule has 0 aliphatic heterocycles. The first-order chi connectivity index (χ1) is 7.75. The van der Waals surface area contributed by atoms with Crippen LogP contribution < -0.4 is 0 Å². The van der Waals surface area contributed by atoms with E-state index in [1.165, 1.54) is 6.33 Å². The lowest BCUT2D eigenvalue weighted by atomic mass is 10.2. The van der Waals surface area contributed by atoms with Crippen LogP contribution in [0.1, 0.15) is 12.5 Å². The molecule has 0 saturated heterocycles. The zero-order chi connectivity index (χ0) is 11.1. The summed E-state index contributed by atoms with van der Waals surface area (Å²) in [6.45, 7) is 0. The molecule has 3 rings (SSSR count). The Kier molecular flexibility index (Phi) is 2.15. The second kappa shape index (κ2) is 3.54. The van der Waals surface area contributed by atoms with E-state index < -0.39 is 0 Å². The average Bonchev–Trinajstić information content (AvgIpc) is 2.84. The van der Waals surface area contributed by atoms with Crippen LogP contribution in [0.5, 0.6) is 0 Å². The number of aromatic nitrogens is 4. The molecule has 1 N–H and O–H groups in total. The maximum absolute atomic E-state index is 9.45. The van der Waals surface area contributed by atoms with Gasteiger partial charge in [0.2, 0.25) is 0 Å². The van der Waals surface area contributed by atoms with Crippen molar-refractivity contribution < 1.29 is 5.11 Å². The van der Waals surface area contributed by atoms with Crippen LogP contribution >= 0.6 is 11.6 Å². The van der Waals surface area contributed by atoms with Gasteiger partial charge >= 0.3 is 0 Å². The number of hydrogen-bond donors (Lipinski definition) is 1. The fraction of sp³-hybridized carbons (Fsp3) is 0.300. The minimum Gasteiger partial charge on any atom is -0.389 e. The van der Waals surface area contributed by atoms with E-state index in [2.05, 4.69) is 15.0 Å². The van der Waals surface area contributed by atoms with Crippen molar-refractivity contribution >= 4 is 22.8 Å². The number of hydrogen-bond acceptors (Lipinski definition) is 4. The van der Waals surface area contributed by atoms with Gasteiger partial charge in [-0.2, -0.15) is 0 Å². The number of aliphatic hydroxyl groups excluding tert-OH is 1. The van der Waals surface area contributed by atoms with Gasteiger partial charge in [0.1, 0.15) is 11.8 Å². The molecule has 2 unspecified atom stereocenters. The highest BCUT2D eigenvalue weighted by Gasteiger charge is 2.21. The summed E-state index contributed by atoms with van der Waals surface area (Å²) in [5, 5.41) is 9.80. The van der Waals surface area contributed by atoms with E-state index in [0.29, 0.717) is 22.7 Å². The number of rotatable bonds is 1. The van der Waals surface area contributed by atoms with Gasteiger partial charge in [-0.1, -0.05) is 23.8 Å². The van der Waals surface area contributed by atoms with Gasteiger partial charge in [-0.3, -0.25) is 0 Å². The van der Waals surface area contributed by atoms with Gasteiger partial charge in [-0.15, -0.1) is 0 Å². The summed E-state index contributed by atoms with van der Waals surface area (Å²) in [7, 11) is 0. The highest BCUT2D eigenvalue weighted by atomic mass is 35.5. The number of imidazole rings is 1. The summed E-state index contributed by atoms with van der Waals surface area (Å²) in [5.41, 5.74) is 1.29. The first-order valence-electron chi connectivity index (χ1n) is 4.95. The van der Waals surface area contributed by atoms with E-state index in [0.717, 1.165) is 0 Å². The van der Waals surface area contributed by atoms with Crippen molar-refractivity contribution in [2.75, 3.05) is 0 Å². The first kappa shape index (κ1) is 9.74. The first-order valence-corrected chi connectivity index (χ1v) is 5.33. The fourth-order valence-corrected chi connectivity index (χ4v) is 2.11. The monoisotopic (exact) mass is 236 g/mol. The molecule has 0 radical (unpaired) electrons. The average molecular weight is 237 g/mol. The Bertz CT molecular complexity index is 565. The Balaban J connectivity index is 2.12. The summed E-state index contributed by atoms with van der Waals surface area (Å²) in [5.74, 6) is 0. The molecule has 0 spiro atoms. The van der Waals surface area contributed by atoms with Crippen molar-refractivity contribution in [3.63, 3.8) is 0 Å². The minimum atomic E-state index is -0.389. The normalized spacial score (nSPS) is 24.4. The molecule has 2 heterocycles. The predicted molar refractivity (Wildman–Crippen MR) is 59.1 cm³/mol. The SMILES string of the molecule is OC1C=CC(n2cnc3c(Cl)ncnc32)C1. The smallest absolute Gasteiger partial charge is 0.165 e. The molecule has 0 bridgehead atoms. The van der Waals surface area contributed by atoms with Crippen LogP contribution in [0.3, 0.4) is 0 Å². The lowest BCUT2D eigenvalue weighted by Crippen LogP contribution is -2.07. The number of nitrogens with zero attached hydrogens (tertiary/aromatic N) is 4. The Hall–Kier alpha value is -1.46. The van der Waals surface area contributed by atoms with Gasteiger partial charge < -0.3 is 9.67 Å². The van der Waals surface area contributed by atoms with E-state index in [1.54, 1.807) is 12.4 Å². The van der Waals surface area contributed by atoms with Gasteiger partial charge in [0.05, 0.1) is 18.5 Å². The van der Waals surface area contributed by atoms with Crippen molar-refractivity contribution in [3.8, 4) is 0 Å². The van der Waals surface area contributed by atoms with Crippen molar-refractivity contribution in [2.45, 2.75) is 18.6 Å². The van der Waals surface area contributed by atoms with E-state index in [9.17, 15) is 5.11 Å². The highest BCUT2D eigenvalue weighted by molar-refractivity contribution is 6.33. The zero-order valence-electron chi connectivity index (χ0n) is 8.29. The molecule has 2 atom stereocenters. The Morgan fingerprint density at radius 1 is 1.31 bits per heavy atom. The molecule has 82 valence electrons. The Morgan fingerprint density at radius 2 is 2.19 bits per heavy atom. The van der Waals surface area contributed by atoms with Crippen molar-refractivity contribution in [2.24, 2.45) is 0 Å². The molecule has 0 saturated carbocycles. The molecule has 5 nitrogen and oxygen atoms in total. The van der Waals surface area contributed by atoms with E-state index in [-0.39, 0.29) is 12.1 Å². The predicted octanol–water partition coefficient (Wildman–Crippen LogP) is 1.34. The lowest BCUT2D eigenvalue weighted by molar-refractivity contribution is 0.211. The van der Waals surface area contributed by atoms with Crippen molar-refractivity contribution in [3.05, 3.63) is 30.0 Å². The van der Waals surface area contributed by atoms with Crippen LogP contribution in [0.25, 0.3) is 11.2 Å². The maximum atomic E-state index is 9.45. The molecule has 1 aliphatic rings. The fourth-order valence-electron chi connectivity index (χ4n) is 1.93. The van der Waals surface area contributed by atoms with E-state index >= 15 is 0 Å². The summed E-state index contributed by atoms with van der Waals surface area (Å²) >= 11 is 5.91. The number of halogens is 1. The molecule has 0 amide bonds. The Labute approximate surface area is 96.4 Å². The number of fused-ring (bicyclic) bond motifs is 1. The van der Waals surface area contributed by atoms with Crippen LogP contribution in [0.2, 0.25) is 5.15 Å². The standard InChI is InChI=1S/C10H9ClN4O/c11-9-8-10(13-4-12-9)15(5-14-8)6-1-2-7(16)3-6/h1-2,4-7,16H,3H2. The maximum Gasteiger partial charge on any atom is 0.165 e. The molecule has 2 aromatic heterocycles. The second-order valence-electron chi connectivity index (χ2n) is 3.74. The molecule has 2 aromatic rings. The molecular formula is C10H9ClN4O. The van der Waals surface area contributed by atoms with Gasteiger partial charge in [0.15, 0.2) is 10.8 Å². The van der Waals surface area contributed by atoms with Gasteiger partial charge in [0.25, 0.3) is 0 Å². The van der Waals surface area contributed by atoms with Crippen LogP contribution in [0.4, 0.5) is 0 Å². The summed E-state index contributed by atoms with van der Waals surface area (Å²) in [6, 6.07) is 0.0889. The van der Waals surface area contributed by atoms with Crippen LogP contribution in [-0.4, -0.2) is 30.7 Å². The molecule has 0 aromatic carbocycles. The molecule has 1 aliphatic carbocycles. The lowest BCUT2D eigenvalue weighted by Gasteiger charge is -2.10. The topological polar surface area (TPSA) is 63.8 Å². The Morgan fingerprint density at radius 3 is 2.94 bits per heavy atom.